The molecule has 4 heteroatoms. The van der Waals surface area contributed by atoms with Gasteiger partial charge in [0.1, 0.15) is 13.5 Å². The molecular weight excluding hydrogens is 92.8 g/mol. The molecule has 2 radical (unpaired) electrons. The molecule has 0 bridgehead atoms. The Morgan fingerprint density at radius 3 is 2.14 bits per heavy atom. The summed E-state index contributed by atoms with van der Waals surface area (Å²) in [5.74, 6) is -0.646. The van der Waals surface area contributed by atoms with Gasteiger partial charge in [0.15, 0.2) is 5.78 Å². The van der Waals surface area contributed by atoms with E-state index in [0.29, 0.717) is 0 Å². The number of carbonyl (C=O) groups excluding carboxylic acids is 1. The molecule has 0 aromatic rings. The van der Waals surface area contributed by atoms with Crippen molar-refractivity contribution in [1.82, 2.24) is 0 Å². The minimum Gasteiger partial charge on any atom is -0.378 e. The van der Waals surface area contributed by atoms with E-state index in [2.05, 4.69) is 13.6 Å². The lowest BCUT2D eigenvalue weighted by molar-refractivity contribution is -0.127. The van der Waals surface area contributed by atoms with E-state index in [1.807, 2.05) is 0 Å². The zero-order chi connectivity index (χ0) is 6.08. The van der Waals surface area contributed by atoms with Crippen molar-refractivity contribution in [2.24, 2.45) is 5.73 Å². The molecule has 0 aliphatic heterocycles. The highest BCUT2D eigenvalue weighted by atomic mass is 16.3. The Kier molecular flexibility index (Phi) is 1.56. The zero-order valence-electron chi connectivity index (χ0n) is 4.01. The first-order chi connectivity index (χ1) is 2.94. The van der Waals surface area contributed by atoms with Crippen molar-refractivity contribution in [1.29, 1.82) is 0 Å². The lowest BCUT2D eigenvalue weighted by Gasteiger charge is -2.11. The number of Topliss-reactive ketones (excluding diaryl/α,β-unsaturated/α-hetero) is 1. The molecule has 3 N–H and O–H groups in total. The highest BCUT2D eigenvalue weighted by Gasteiger charge is 2.17. The monoisotopic (exact) mass is 99.0 g/mol. The summed E-state index contributed by atoms with van der Waals surface area (Å²) in [6.07, 6.45) is 0. The number of carbonyl (C=O) groups is 1. The summed E-state index contributed by atoms with van der Waals surface area (Å²) in [5.41, 5.74) is 2.52. The van der Waals surface area contributed by atoms with Crippen LogP contribution in [0.2, 0.25) is 0 Å². The Morgan fingerprint density at radius 2 is 2.14 bits per heavy atom. The Bertz CT molecular complexity index is 85.4. The van der Waals surface area contributed by atoms with E-state index in [1.165, 1.54) is 0 Å². The van der Waals surface area contributed by atoms with Crippen LogP contribution in [0.4, 0.5) is 0 Å². The molecule has 0 aromatic carbocycles. The summed E-state index contributed by atoms with van der Waals surface area (Å²) in [4.78, 5) is 9.97. The lowest BCUT2D eigenvalue weighted by atomic mass is 9.89. The molecule has 7 heavy (non-hydrogen) atoms. The van der Waals surface area contributed by atoms with Gasteiger partial charge in [-0.2, -0.15) is 0 Å². The maximum absolute atomic E-state index is 9.97. The third kappa shape index (κ3) is 2.36. The van der Waals surface area contributed by atoms with Crippen LogP contribution in [0.5, 0.6) is 0 Å². The van der Waals surface area contributed by atoms with Gasteiger partial charge in [-0.05, 0) is 6.92 Å². The van der Waals surface area contributed by atoms with Crippen LogP contribution in [0.25, 0.3) is 0 Å². The van der Waals surface area contributed by atoms with Crippen LogP contribution in [-0.2, 0) is 4.79 Å². The van der Waals surface area contributed by atoms with Crippen molar-refractivity contribution < 1.29 is 9.90 Å². The molecule has 0 saturated carbocycles. The maximum atomic E-state index is 9.97. The van der Waals surface area contributed by atoms with E-state index in [-0.39, 0.29) is 0 Å². The van der Waals surface area contributed by atoms with E-state index < -0.39 is 11.4 Å². The number of nitrogens with two attached hydrogens (primary N) is 1. The van der Waals surface area contributed by atoms with Gasteiger partial charge in [-0.15, -0.1) is 0 Å². The molecular formula is C3H6BNO2. The molecule has 38 valence electrons. The highest BCUT2D eigenvalue weighted by Crippen LogP contribution is 1.85. The second kappa shape index (κ2) is 1.64. The highest BCUT2D eigenvalue weighted by molar-refractivity contribution is 6.26. The second-order valence-corrected chi connectivity index (χ2v) is 1.38. The van der Waals surface area contributed by atoms with E-state index in [4.69, 9.17) is 5.11 Å². The van der Waals surface area contributed by atoms with Gasteiger partial charge in [0, 0.05) is 0 Å². The number of rotatable bonds is 1. The fraction of sp³-hybridized carbons (Fsp3) is 0.667. The van der Waals surface area contributed by atoms with Crippen molar-refractivity contribution in [2.75, 3.05) is 0 Å². The van der Waals surface area contributed by atoms with Crippen LogP contribution in [0.3, 0.4) is 0 Å². The number of aliphatic hydroxyl groups is 1. The third-order valence-electron chi connectivity index (χ3n) is 0.564. The largest absolute Gasteiger partial charge is 0.378 e. The average Bonchev–Trinajstić information content (AvgIpc) is 1.31. The second-order valence-electron chi connectivity index (χ2n) is 1.38. The van der Waals surface area contributed by atoms with Gasteiger partial charge < -0.3 is 10.8 Å². The molecule has 0 aliphatic rings. The van der Waals surface area contributed by atoms with Crippen molar-refractivity contribution in [2.45, 2.75) is 12.5 Å². The van der Waals surface area contributed by atoms with Gasteiger partial charge in [-0.1, -0.05) is 0 Å². The molecule has 0 aromatic heterocycles. The molecule has 0 rings (SSSR count). The number of ketones is 1. The molecule has 0 fully saturated rings. The first kappa shape index (κ1) is 6.65. The summed E-state index contributed by atoms with van der Waals surface area (Å²) < 4.78 is 0. The first-order valence-corrected chi connectivity index (χ1v) is 1.76. The van der Waals surface area contributed by atoms with Crippen LogP contribution >= 0.6 is 0 Å². The van der Waals surface area contributed by atoms with Gasteiger partial charge in [0.05, 0.1) is 0 Å². The minimum atomic E-state index is -2.14. The van der Waals surface area contributed by atoms with Crippen LogP contribution in [0.15, 0.2) is 0 Å². The van der Waals surface area contributed by atoms with E-state index in [1.54, 1.807) is 0 Å². The molecule has 0 spiro atoms. The lowest BCUT2D eigenvalue weighted by Crippen LogP contribution is -2.46. The fourth-order valence-electron chi connectivity index (χ4n) is 0. The standard InChI is InChI=1S/C3H6BNO2/c1-2(6)3(4,5)7/h7H,5H2,1H3. The molecule has 1 unspecified atom stereocenters. The Hall–Kier alpha value is -0.345. The van der Waals surface area contributed by atoms with Crippen LogP contribution in [0.1, 0.15) is 6.92 Å². The van der Waals surface area contributed by atoms with E-state index in [9.17, 15) is 4.79 Å². The summed E-state index contributed by atoms with van der Waals surface area (Å²) in [7, 11) is 4.66. The van der Waals surface area contributed by atoms with Crippen LogP contribution in [0, 0.1) is 0 Å². The molecule has 0 heterocycles. The van der Waals surface area contributed by atoms with Gasteiger partial charge >= 0.3 is 0 Å². The zero-order valence-corrected chi connectivity index (χ0v) is 4.01. The van der Waals surface area contributed by atoms with E-state index >= 15 is 0 Å². The molecule has 0 amide bonds. The minimum absolute atomic E-state index is 0.646. The third-order valence-corrected chi connectivity index (χ3v) is 0.564. The van der Waals surface area contributed by atoms with Crippen LogP contribution < -0.4 is 5.73 Å². The molecule has 3 nitrogen and oxygen atoms in total. The Labute approximate surface area is 42.9 Å². The smallest absolute Gasteiger partial charge is 0.165 e. The summed E-state index contributed by atoms with van der Waals surface area (Å²) >= 11 is 0. The summed E-state index contributed by atoms with van der Waals surface area (Å²) in [6.45, 7) is 1.11. The topological polar surface area (TPSA) is 63.3 Å². The quantitative estimate of drug-likeness (QED) is 0.305. The number of hydrogen-bond acceptors (Lipinski definition) is 3. The van der Waals surface area contributed by atoms with Crippen molar-refractivity contribution >= 4 is 13.6 Å². The molecule has 1 atom stereocenters. The SMILES string of the molecule is [B]C(N)(O)C(C)=O. The normalized spacial score (nSPS) is 18.1. The van der Waals surface area contributed by atoms with Crippen molar-refractivity contribution in [3.63, 3.8) is 0 Å². The predicted molar refractivity (Wildman–Crippen MR) is 25.6 cm³/mol. The number of hydrogen-bond donors (Lipinski definition) is 2. The molecule has 0 aliphatic carbocycles. The summed E-state index contributed by atoms with van der Waals surface area (Å²) in [6, 6.07) is 0. The predicted octanol–water partition coefficient (Wildman–Crippen LogP) is -1.65. The molecule has 0 saturated heterocycles. The van der Waals surface area contributed by atoms with Gasteiger partial charge in [-0.3, -0.25) is 4.79 Å². The van der Waals surface area contributed by atoms with Crippen molar-refractivity contribution in [3.05, 3.63) is 0 Å². The summed E-state index contributed by atoms with van der Waals surface area (Å²) in [5, 5.41) is 8.30. The van der Waals surface area contributed by atoms with E-state index in [0.717, 1.165) is 6.92 Å². The Morgan fingerprint density at radius 1 is 2.00 bits per heavy atom. The van der Waals surface area contributed by atoms with Gasteiger partial charge in [0.25, 0.3) is 0 Å². The van der Waals surface area contributed by atoms with Gasteiger partial charge in [-0.25, -0.2) is 0 Å². The van der Waals surface area contributed by atoms with Crippen molar-refractivity contribution in [3.8, 4) is 0 Å². The maximum Gasteiger partial charge on any atom is 0.165 e. The average molecular weight is 98.9 g/mol. The first-order valence-electron chi connectivity index (χ1n) is 1.76. The van der Waals surface area contributed by atoms with Crippen LogP contribution in [-0.4, -0.2) is 24.4 Å². The van der Waals surface area contributed by atoms with Gasteiger partial charge in [0.2, 0.25) is 0 Å². The Balaban J connectivity index is 3.79. The fourth-order valence-corrected chi connectivity index (χ4v) is 0.